The van der Waals surface area contributed by atoms with E-state index in [4.69, 9.17) is 9.15 Å². The first-order valence-electron chi connectivity index (χ1n) is 5.34. The van der Waals surface area contributed by atoms with Gasteiger partial charge in [-0.15, -0.1) is 0 Å². The van der Waals surface area contributed by atoms with Crippen LogP contribution in [-0.2, 0) is 14.3 Å². The van der Waals surface area contributed by atoms with Crippen molar-refractivity contribution in [3.8, 4) is 0 Å². The van der Waals surface area contributed by atoms with Crippen LogP contribution in [0.2, 0.25) is 0 Å². The maximum absolute atomic E-state index is 12.3. The van der Waals surface area contributed by atoms with E-state index in [0.717, 1.165) is 0 Å². The molecule has 1 aliphatic heterocycles. The van der Waals surface area contributed by atoms with Crippen LogP contribution < -0.4 is 0 Å². The zero-order valence-electron chi connectivity index (χ0n) is 9.72. The van der Waals surface area contributed by atoms with Crippen LogP contribution in [0.25, 0.3) is 0 Å². The number of morpholine rings is 1. The van der Waals surface area contributed by atoms with Crippen molar-refractivity contribution >= 4 is 27.8 Å². The van der Waals surface area contributed by atoms with Crippen LogP contribution in [0, 0.1) is 0 Å². The minimum atomic E-state index is -0.710. The van der Waals surface area contributed by atoms with Crippen LogP contribution >= 0.6 is 15.9 Å². The third-order valence-corrected chi connectivity index (χ3v) is 3.33. The van der Waals surface area contributed by atoms with E-state index >= 15 is 0 Å². The fraction of sp³-hybridized carbons (Fsp3) is 0.455. The lowest BCUT2D eigenvalue weighted by atomic mass is 10.2. The molecule has 1 aromatic heterocycles. The average Bonchev–Trinajstić information content (AvgIpc) is 2.83. The number of halogens is 1. The number of amides is 1. The molecule has 1 aliphatic rings. The second-order valence-corrected chi connectivity index (χ2v) is 4.44. The van der Waals surface area contributed by atoms with Crippen LogP contribution in [0.4, 0.5) is 0 Å². The topological polar surface area (TPSA) is 69.0 Å². The molecular weight excluding hydrogens is 306 g/mol. The van der Waals surface area contributed by atoms with Crippen molar-refractivity contribution in [2.24, 2.45) is 0 Å². The van der Waals surface area contributed by atoms with Gasteiger partial charge in [0.25, 0.3) is 5.91 Å². The molecule has 0 spiro atoms. The predicted octanol–water partition coefficient (Wildman–Crippen LogP) is 1.06. The Morgan fingerprint density at radius 3 is 2.94 bits per heavy atom. The van der Waals surface area contributed by atoms with Gasteiger partial charge in [0.05, 0.1) is 32.2 Å². The Balaban J connectivity index is 2.21. The number of carbonyl (C=O) groups is 2. The highest BCUT2D eigenvalue weighted by Crippen LogP contribution is 2.21. The van der Waals surface area contributed by atoms with Gasteiger partial charge in [0, 0.05) is 6.54 Å². The van der Waals surface area contributed by atoms with Gasteiger partial charge in [-0.05, 0) is 22.0 Å². The Kier molecular flexibility index (Phi) is 4.03. The zero-order chi connectivity index (χ0) is 13.1. The van der Waals surface area contributed by atoms with Crippen molar-refractivity contribution in [2.45, 2.75) is 6.04 Å². The average molecular weight is 318 g/mol. The van der Waals surface area contributed by atoms with E-state index in [1.807, 2.05) is 0 Å². The van der Waals surface area contributed by atoms with Gasteiger partial charge < -0.3 is 18.8 Å². The second-order valence-electron chi connectivity index (χ2n) is 3.72. The minimum absolute atomic E-state index is 0.147. The summed E-state index contributed by atoms with van der Waals surface area (Å²) in [7, 11) is 1.29. The molecule has 1 aromatic rings. The third kappa shape index (κ3) is 2.41. The van der Waals surface area contributed by atoms with Gasteiger partial charge in [-0.1, -0.05) is 0 Å². The van der Waals surface area contributed by atoms with Gasteiger partial charge in [0.1, 0.15) is 0 Å². The fourth-order valence-electron chi connectivity index (χ4n) is 1.78. The highest BCUT2D eigenvalue weighted by molar-refractivity contribution is 9.10. The summed E-state index contributed by atoms with van der Waals surface area (Å²) in [5, 5.41) is 0. The Bertz CT molecular complexity index is 458. The monoisotopic (exact) mass is 317 g/mol. The molecule has 0 aliphatic carbocycles. The van der Waals surface area contributed by atoms with E-state index in [0.29, 0.717) is 23.4 Å². The second kappa shape index (κ2) is 5.53. The normalized spacial score (nSPS) is 19.7. The summed E-state index contributed by atoms with van der Waals surface area (Å²) in [4.78, 5) is 25.3. The Morgan fingerprint density at radius 1 is 1.56 bits per heavy atom. The summed E-state index contributed by atoms with van der Waals surface area (Å²) in [5.74, 6) is -0.767. The Morgan fingerprint density at radius 2 is 2.33 bits per heavy atom. The molecule has 0 aromatic carbocycles. The van der Waals surface area contributed by atoms with Crippen LogP contribution in [0.1, 0.15) is 10.4 Å². The summed E-state index contributed by atoms with van der Waals surface area (Å²) in [5.41, 5.74) is 0.380. The van der Waals surface area contributed by atoms with Crippen LogP contribution in [0.5, 0.6) is 0 Å². The van der Waals surface area contributed by atoms with Crippen molar-refractivity contribution in [3.63, 3.8) is 0 Å². The number of esters is 1. The number of hydrogen-bond donors (Lipinski definition) is 0. The minimum Gasteiger partial charge on any atom is -0.467 e. The number of rotatable bonds is 2. The quantitative estimate of drug-likeness (QED) is 0.763. The first-order chi connectivity index (χ1) is 8.65. The molecule has 2 rings (SSSR count). The number of furan rings is 1. The predicted molar refractivity (Wildman–Crippen MR) is 64.1 cm³/mol. The maximum Gasteiger partial charge on any atom is 0.331 e. The standard InChI is InChI=1S/C11H12BrNO5/c1-16-11(15)8-6-17-5-3-13(8)10(14)7-2-4-18-9(7)12/h2,4,8H,3,5-6H2,1H3. The molecule has 0 saturated carbocycles. The van der Waals surface area contributed by atoms with Crippen molar-refractivity contribution in [1.82, 2.24) is 4.90 Å². The van der Waals surface area contributed by atoms with Crippen LogP contribution in [0.3, 0.4) is 0 Å². The van der Waals surface area contributed by atoms with E-state index < -0.39 is 12.0 Å². The molecule has 7 heteroatoms. The largest absolute Gasteiger partial charge is 0.467 e. The maximum atomic E-state index is 12.3. The molecule has 1 amide bonds. The molecule has 0 radical (unpaired) electrons. The van der Waals surface area contributed by atoms with Crippen molar-refractivity contribution in [2.75, 3.05) is 26.9 Å². The molecule has 18 heavy (non-hydrogen) atoms. The van der Waals surface area contributed by atoms with E-state index in [1.165, 1.54) is 18.3 Å². The van der Waals surface area contributed by atoms with Crippen LogP contribution in [-0.4, -0.2) is 49.7 Å². The third-order valence-electron chi connectivity index (χ3n) is 2.71. The highest BCUT2D eigenvalue weighted by atomic mass is 79.9. The van der Waals surface area contributed by atoms with Gasteiger partial charge >= 0.3 is 5.97 Å². The summed E-state index contributed by atoms with van der Waals surface area (Å²) in [6, 6.07) is 0.842. The molecule has 98 valence electrons. The SMILES string of the molecule is COC(=O)C1COCCN1C(=O)c1ccoc1Br. The molecular formula is C11H12BrNO5. The lowest BCUT2D eigenvalue weighted by Gasteiger charge is -2.33. The number of ether oxygens (including phenoxy) is 2. The number of carbonyl (C=O) groups excluding carboxylic acids is 2. The molecule has 2 heterocycles. The van der Waals surface area contributed by atoms with Gasteiger partial charge in [-0.3, -0.25) is 4.79 Å². The molecule has 1 atom stereocenters. The van der Waals surface area contributed by atoms with Crippen molar-refractivity contribution in [3.05, 3.63) is 22.6 Å². The summed E-state index contributed by atoms with van der Waals surface area (Å²) in [6.45, 7) is 0.888. The van der Waals surface area contributed by atoms with E-state index in [1.54, 1.807) is 6.07 Å². The van der Waals surface area contributed by atoms with Gasteiger partial charge in [0.15, 0.2) is 10.7 Å². The van der Waals surface area contributed by atoms with Crippen LogP contribution in [0.15, 0.2) is 21.4 Å². The molecule has 0 bridgehead atoms. The fourth-order valence-corrected chi connectivity index (χ4v) is 2.19. The van der Waals surface area contributed by atoms with E-state index in [-0.39, 0.29) is 12.5 Å². The lowest BCUT2D eigenvalue weighted by molar-refractivity contribution is -0.151. The molecule has 6 nitrogen and oxygen atoms in total. The first-order valence-corrected chi connectivity index (χ1v) is 6.14. The summed E-state index contributed by atoms with van der Waals surface area (Å²) < 4.78 is 15.2. The van der Waals surface area contributed by atoms with Gasteiger partial charge in [-0.25, -0.2) is 4.79 Å². The molecule has 1 fully saturated rings. The Labute approximate surface area is 112 Å². The van der Waals surface area contributed by atoms with Gasteiger partial charge in [0.2, 0.25) is 0 Å². The number of methoxy groups -OCH3 is 1. The van der Waals surface area contributed by atoms with Crippen molar-refractivity contribution < 1.29 is 23.5 Å². The number of hydrogen-bond acceptors (Lipinski definition) is 5. The number of nitrogens with zero attached hydrogens (tertiary/aromatic N) is 1. The molecule has 1 saturated heterocycles. The zero-order valence-corrected chi connectivity index (χ0v) is 11.3. The first kappa shape index (κ1) is 13.1. The molecule has 0 N–H and O–H groups in total. The summed E-state index contributed by atoms with van der Waals surface area (Å²) >= 11 is 3.15. The smallest absolute Gasteiger partial charge is 0.331 e. The molecule has 1 unspecified atom stereocenters. The van der Waals surface area contributed by atoms with E-state index in [9.17, 15) is 9.59 Å². The Hall–Kier alpha value is -1.34. The van der Waals surface area contributed by atoms with Crippen molar-refractivity contribution in [1.29, 1.82) is 0 Å². The summed E-state index contributed by atoms with van der Waals surface area (Å²) in [6.07, 6.45) is 1.41. The highest BCUT2D eigenvalue weighted by Gasteiger charge is 2.35. The van der Waals surface area contributed by atoms with Gasteiger partial charge in [-0.2, -0.15) is 0 Å². The lowest BCUT2D eigenvalue weighted by Crippen LogP contribution is -2.53. The van der Waals surface area contributed by atoms with E-state index in [2.05, 4.69) is 20.7 Å².